The summed E-state index contributed by atoms with van der Waals surface area (Å²) in [6.45, 7) is 3.99. The van der Waals surface area contributed by atoms with E-state index < -0.39 is 6.10 Å². The molecule has 0 fully saturated rings. The number of carbonyl (C=O) groups is 1. The number of benzene rings is 1. The first-order valence-corrected chi connectivity index (χ1v) is 9.35. The molecule has 134 valence electrons. The first-order valence-electron chi connectivity index (χ1n) is 8.53. The molecule has 1 aromatic carbocycles. The standard InChI is InChI=1S/C19H19N3O3S/c1-3-25-19(24)16-10(2)14-17(20-9-21-18(14)26-16)22-15-12-7-5-4-6-11(12)8-13(15)23/h4-7,9,13,15,23H,3,8H2,1-2H3,(H,20,21,22)/t13-,15+/m0/s1. The van der Waals surface area contributed by atoms with Crippen LogP contribution in [0.5, 0.6) is 0 Å². The topological polar surface area (TPSA) is 84.3 Å². The molecule has 0 radical (unpaired) electrons. The van der Waals surface area contributed by atoms with Crippen LogP contribution in [0.2, 0.25) is 0 Å². The number of fused-ring (bicyclic) bond motifs is 2. The third-order valence-electron chi connectivity index (χ3n) is 4.68. The molecule has 1 aliphatic rings. The van der Waals surface area contributed by atoms with Crippen LogP contribution < -0.4 is 5.32 Å². The van der Waals surface area contributed by atoms with E-state index in [4.69, 9.17) is 4.74 Å². The van der Waals surface area contributed by atoms with Crippen LogP contribution in [0.1, 0.15) is 39.3 Å². The van der Waals surface area contributed by atoms with Crippen molar-refractivity contribution in [2.45, 2.75) is 32.4 Å². The number of carbonyl (C=O) groups excluding carboxylic acids is 1. The molecular weight excluding hydrogens is 350 g/mol. The Bertz CT molecular complexity index is 985. The Morgan fingerprint density at radius 1 is 1.38 bits per heavy atom. The summed E-state index contributed by atoms with van der Waals surface area (Å²) in [7, 11) is 0. The summed E-state index contributed by atoms with van der Waals surface area (Å²) in [6.07, 6.45) is 1.56. The summed E-state index contributed by atoms with van der Waals surface area (Å²) in [5.74, 6) is 0.283. The summed E-state index contributed by atoms with van der Waals surface area (Å²) in [4.78, 5) is 22.1. The van der Waals surface area contributed by atoms with Crippen LogP contribution in [0.15, 0.2) is 30.6 Å². The number of hydrogen-bond acceptors (Lipinski definition) is 7. The first kappa shape index (κ1) is 16.9. The molecule has 0 saturated carbocycles. The number of aliphatic hydroxyl groups is 1. The van der Waals surface area contributed by atoms with E-state index in [1.807, 2.05) is 31.2 Å². The summed E-state index contributed by atoms with van der Waals surface area (Å²) in [5, 5.41) is 14.7. The number of aryl methyl sites for hydroxylation is 1. The summed E-state index contributed by atoms with van der Waals surface area (Å²) in [6, 6.07) is 7.76. The number of anilines is 1. The minimum atomic E-state index is -0.527. The van der Waals surface area contributed by atoms with E-state index in [2.05, 4.69) is 15.3 Å². The molecule has 2 N–H and O–H groups in total. The highest BCUT2D eigenvalue weighted by Gasteiger charge is 2.32. The smallest absolute Gasteiger partial charge is 0.348 e. The molecule has 26 heavy (non-hydrogen) atoms. The van der Waals surface area contributed by atoms with Gasteiger partial charge >= 0.3 is 5.97 Å². The third-order valence-corrected chi connectivity index (χ3v) is 5.86. The lowest BCUT2D eigenvalue weighted by molar-refractivity contribution is 0.0531. The van der Waals surface area contributed by atoms with Gasteiger partial charge in [-0.3, -0.25) is 0 Å². The van der Waals surface area contributed by atoms with Crippen molar-refractivity contribution in [3.05, 3.63) is 52.2 Å². The van der Waals surface area contributed by atoms with Gasteiger partial charge in [0, 0.05) is 6.42 Å². The van der Waals surface area contributed by atoms with Crippen LogP contribution in [-0.4, -0.2) is 33.8 Å². The molecule has 7 heteroatoms. The number of aromatic nitrogens is 2. The number of nitrogens with zero attached hydrogens (tertiary/aromatic N) is 2. The van der Waals surface area contributed by atoms with Gasteiger partial charge in [-0.15, -0.1) is 11.3 Å². The zero-order chi connectivity index (χ0) is 18.3. The fourth-order valence-corrected chi connectivity index (χ4v) is 4.51. The van der Waals surface area contributed by atoms with Gasteiger partial charge in [-0.25, -0.2) is 14.8 Å². The number of rotatable bonds is 4. The first-order chi connectivity index (χ1) is 12.6. The van der Waals surface area contributed by atoms with Crippen molar-refractivity contribution in [1.82, 2.24) is 9.97 Å². The molecule has 0 aliphatic heterocycles. The second-order valence-electron chi connectivity index (χ2n) is 6.27. The number of aliphatic hydroxyl groups excluding tert-OH is 1. The van der Waals surface area contributed by atoms with Crippen LogP contribution in [0.25, 0.3) is 10.2 Å². The van der Waals surface area contributed by atoms with Gasteiger partial charge in [0.15, 0.2) is 0 Å². The molecule has 4 rings (SSSR count). The molecule has 1 aliphatic carbocycles. The van der Waals surface area contributed by atoms with Gasteiger partial charge in [0.1, 0.15) is 21.9 Å². The van der Waals surface area contributed by atoms with Crippen molar-refractivity contribution in [1.29, 1.82) is 0 Å². The minimum Gasteiger partial charge on any atom is -0.462 e. The zero-order valence-corrected chi connectivity index (χ0v) is 15.3. The monoisotopic (exact) mass is 369 g/mol. The van der Waals surface area contributed by atoms with E-state index >= 15 is 0 Å². The van der Waals surface area contributed by atoms with Crippen molar-refractivity contribution in [2.24, 2.45) is 0 Å². The Labute approximate surface area is 154 Å². The van der Waals surface area contributed by atoms with E-state index in [1.165, 1.54) is 17.7 Å². The molecule has 0 spiro atoms. The molecule has 0 saturated heterocycles. The molecule has 3 aromatic rings. The number of ether oxygens (including phenoxy) is 1. The number of hydrogen-bond donors (Lipinski definition) is 2. The second-order valence-corrected chi connectivity index (χ2v) is 7.27. The SMILES string of the molecule is CCOC(=O)c1sc2ncnc(N[C@@H]3c4ccccc4C[C@@H]3O)c2c1C. The van der Waals surface area contributed by atoms with E-state index in [0.717, 1.165) is 26.9 Å². The zero-order valence-electron chi connectivity index (χ0n) is 14.5. The average molecular weight is 369 g/mol. The third kappa shape index (κ3) is 2.73. The molecule has 0 bridgehead atoms. The maximum absolute atomic E-state index is 12.2. The van der Waals surface area contributed by atoms with E-state index in [9.17, 15) is 9.90 Å². The van der Waals surface area contributed by atoms with Crippen LogP contribution >= 0.6 is 11.3 Å². The fraction of sp³-hybridized carbons (Fsp3) is 0.316. The summed E-state index contributed by atoms with van der Waals surface area (Å²) >= 11 is 1.30. The van der Waals surface area contributed by atoms with Gasteiger partial charge in [-0.05, 0) is 30.5 Å². The van der Waals surface area contributed by atoms with Crippen molar-refractivity contribution < 1.29 is 14.6 Å². The Balaban J connectivity index is 1.75. The van der Waals surface area contributed by atoms with Gasteiger partial charge < -0.3 is 15.2 Å². The highest BCUT2D eigenvalue weighted by molar-refractivity contribution is 7.20. The molecule has 0 amide bonds. The van der Waals surface area contributed by atoms with E-state index in [1.54, 1.807) is 6.92 Å². The fourth-order valence-electron chi connectivity index (χ4n) is 3.47. The second kappa shape index (κ2) is 6.66. The quantitative estimate of drug-likeness (QED) is 0.687. The lowest BCUT2D eigenvalue weighted by Gasteiger charge is -2.19. The largest absolute Gasteiger partial charge is 0.462 e. The van der Waals surface area contributed by atoms with E-state index in [-0.39, 0.29) is 12.0 Å². The Kier molecular flexibility index (Phi) is 4.34. The number of esters is 1. The van der Waals surface area contributed by atoms with E-state index in [0.29, 0.717) is 23.7 Å². The van der Waals surface area contributed by atoms with Crippen LogP contribution in [0.3, 0.4) is 0 Å². The summed E-state index contributed by atoms with van der Waals surface area (Å²) < 4.78 is 5.14. The Morgan fingerprint density at radius 2 is 2.19 bits per heavy atom. The molecule has 6 nitrogen and oxygen atoms in total. The van der Waals surface area contributed by atoms with Gasteiger partial charge in [-0.1, -0.05) is 24.3 Å². The Morgan fingerprint density at radius 3 is 3.00 bits per heavy atom. The molecule has 0 unspecified atom stereocenters. The predicted octanol–water partition coefficient (Wildman–Crippen LogP) is 3.25. The summed E-state index contributed by atoms with van der Waals surface area (Å²) in [5.41, 5.74) is 3.01. The van der Waals surface area contributed by atoms with Crippen molar-refractivity contribution >= 4 is 33.3 Å². The molecular formula is C19H19N3O3S. The van der Waals surface area contributed by atoms with Gasteiger partial charge in [0.25, 0.3) is 0 Å². The van der Waals surface area contributed by atoms with Gasteiger partial charge in [-0.2, -0.15) is 0 Å². The number of nitrogens with one attached hydrogen (secondary N) is 1. The van der Waals surface area contributed by atoms with Crippen LogP contribution in [0, 0.1) is 6.92 Å². The molecule has 2 aromatic heterocycles. The maximum Gasteiger partial charge on any atom is 0.348 e. The van der Waals surface area contributed by atoms with Gasteiger partial charge in [0.05, 0.1) is 24.1 Å². The van der Waals surface area contributed by atoms with Crippen LogP contribution in [-0.2, 0) is 11.2 Å². The molecule has 2 heterocycles. The Hall–Kier alpha value is -2.51. The van der Waals surface area contributed by atoms with Crippen molar-refractivity contribution in [3.8, 4) is 0 Å². The average Bonchev–Trinajstić information content (AvgIpc) is 3.13. The van der Waals surface area contributed by atoms with Crippen molar-refractivity contribution in [2.75, 3.05) is 11.9 Å². The van der Waals surface area contributed by atoms with Crippen molar-refractivity contribution in [3.63, 3.8) is 0 Å². The normalized spacial score (nSPS) is 18.7. The van der Waals surface area contributed by atoms with Gasteiger partial charge in [0.2, 0.25) is 0 Å². The highest BCUT2D eigenvalue weighted by atomic mass is 32.1. The lowest BCUT2D eigenvalue weighted by atomic mass is 10.1. The minimum absolute atomic E-state index is 0.241. The molecule has 2 atom stereocenters. The lowest BCUT2D eigenvalue weighted by Crippen LogP contribution is -2.21. The number of thiophene rings is 1. The highest BCUT2D eigenvalue weighted by Crippen LogP contribution is 2.38. The predicted molar refractivity (Wildman–Crippen MR) is 101 cm³/mol. The maximum atomic E-state index is 12.2. The van der Waals surface area contributed by atoms with Crippen LogP contribution in [0.4, 0.5) is 5.82 Å².